The summed E-state index contributed by atoms with van der Waals surface area (Å²) in [7, 11) is 0. The molecule has 3 rings (SSSR count). The predicted molar refractivity (Wildman–Crippen MR) is 58.4 cm³/mol. The Balaban J connectivity index is 1.53. The summed E-state index contributed by atoms with van der Waals surface area (Å²) in [5.74, 6) is 0. The summed E-state index contributed by atoms with van der Waals surface area (Å²) in [4.78, 5) is 11.7. The van der Waals surface area contributed by atoms with Gasteiger partial charge < -0.3 is 4.74 Å². The number of ether oxygens (including phenoxy) is 1. The number of hydrazine groups is 1. The Morgan fingerprint density at radius 1 is 1.38 bits per heavy atom. The molecule has 0 aliphatic carbocycles. The summed E-state index contributed by atoms with van der Waals surface area (Å²) < 4.78 is 5.25. The smallest absolute Gasteiger partial charge is 0.424 e. The molecule has 0 saturated carbocycles. The first-order valence-corrected chi connectivity index (χ1v) is 5.59. The minimum absolute atomic E-state index is 0.219. The van der Waals surface area contributed by atoms with Crippen LogP contribution in [0.4, 0.5) is 4.79 Å². The SMILES string of the molecule is O=C(OCc1ccccc1)N1CCC2CN21. The molecule has 0 N–H and O–H groups in total. The molecule has 84 valence electrons. The van der Waals surface area contributed by atoms with Crippen LogP contribution in [0.5, 0.6) is 0 Å². The third-order valence-corrected chi connectivity index (χ3v) is 3.09. The number of hydrogen-bond acceptors (Lipinski definition) is 3. The molecule has 0 bridgehead atoms. The van der Waals surface area contributed by atoms with Crippen molar-refractivity contribution in [2.75, 3.05) is 13.1 Å². The highest BCUT2D eigenvalue weighted by Gasteiger charge is 2.47. The van der Waals surface area contributed by atoms with Crippen molar-refractivity contribution in [3.63, 3.8) is 0 Å². The highest BCUT2D eigenvalue weighted by Crippen LogP contribution is 2.31. The summed E-state index contributed by atoms with van der Waals surface area (Å²) >= 11 is 0. The van der Waals surface area contributed by atoms with Gasteiger partial charge in [-0.1, -0.05) is 30.3 Å². The van der Waals surface area contributed by atoms with E-state index in [1.165, 1.54) is 0 Å². The first-order valence-electron chi connectivity index (χ1n) is 5.59. The molecule has 4 nitrogen and oxygen atoms in total. The fraction of sp³-hybridized carbons (Fsp3) is 0.417. The first-order chi connectivity index (χ1) is 7.84. The summed E-state index contributed by atoms with van der Waals surface area (Å²) in [6, 6.07) is 10.4. The number of nitrogens with zero attached hydrogens (tertiary/aromatic N) is 2. The topological polar surface area (TPSA) is 32.5 Å². The molecule has 2 saturated heterocycles. The van der Waals surface area contributed by atoms with Crippen LogP contribution in [0.15, 0.2) is 30.3 Å². The van der Waals surface area contributed by atoms with Crippen LogP contribution >= 0.6 is 0 Å². The Morgan fingerprint density at radius 3 is 2.81 bits per heavy atom. The molecule has 0 radical (unpaired) electrons. The summed E-state index contributed by atoms with van der Waals surface area (Å²) in [5.41, 5.74) is 1.03. The van der Waals surface area contributed by atoms with Crippen LogP contribution in [0.25, 0.3) is 0 Å². The van der Waals surface area contributed by atoms with Crippen LogP contribution in [0.2, 0.25) is 0 Å². The Hall–Kier alpha value is -1.55. The minimum Gasteiger partial charge on any atom is -0.444 e. The van der Waals surface area contributed by atoms with Gasteiger partial charge in [-0.25, -0.2) is 14.8 Å². The lowest BCUT2D eigenvalue weighted by molar-refractivity contribution is 0.0538. The van der Waals surface area contributed by atoms with Gasteiger partial charge >= 0.3 is 6.09 Å². The lowest BCUT2D eigenvalue weighted by Gasteiger charge is -2.18. The van der Waals surface area contributed by atoms with Crippen LogP contribution in [-0.4, -0.2) is 35.2 Å². The highest BCUT2D eigenvalue weighted by atomic mass is 16.6. The lowest BCUT2D eigenvalue weighted by atomic mass is 10.2. The molecule has 2 unspecified atom stereocenters. The number of amides is 1. The van der Waals surface area contributed by atoms with Crippen molar-refractivity contribution >= 4 is 6.09 Å². The number of carbonyl (C=O) groups is 1. The van der Waals surface area contributed by atoms with Crippen LogP contribution in [0.1, 0.15) is 12.0 Å². The third kappa shape index (κ3) is 1.76. The van der Waals surface area contributed by atoms with Crippen LogP contribution in [0.3, 0.4) is 0 Å². The van der Waals surface area contributed by atoms with Crippen molar-refractivity contribution in [1.82, 2.24) is 10.0 Å². The van der Waals surface area contributed by atoms with E-state index in [0.717, 1.165) is 25.1 Å². The number of rotatable bonds is 2. The molecule has 2 fully saturated rings. The van der Waals surface area contributed by atoms with E-state index in [2.05, 4.69) is 5.01 Å². The van der Waals surface area contributed by atoms with Crippen molar-refractivity contribution in [3.05, 3.63) is 35.9 Å². The van der Waals surface area contributed by atoms with Gasteiger partial charge in [0, 0.05) is 19.1 Å². The number of benzene rings is 1. The Kier molecular flexibility index (Phi) is 2.29. The zero-order chi connectivity index (χ0) is 11.0. The molecule has 0 aromatic heterocycles. The standard InChI is InChI=1S/C12H14N2O2/c15-12(13-7-6-11-8-14(11)13)16-9-10-4-2-1-3-5-10/h1-5,11H,6-9H2. The van der Waals surface area contributed by atoms with E-state index >= 15 is 0 Å². The van der Waals surface area contributed by atoms with E-state index in [-0.39, 0.29) is 6.09 Å². The van der Waals surface area contributed by atoms with Gasteiger partial charge in [-0.15, -0.1) is 0 Å². The maximum absolute atomic E-state index is 11.7. The van der Waals surface area contributed by atoms with Crippen molar-refractivity contribution < 1.29 is 9.53 Å². The Labute approximate surface area is 94.4 Å². The highest BCUT2D eigenvalue weighted by molar-refractivity contribution is 5.67. The average Bonchev–Trinajstić information content (AvgIpc) is 2.99. The molecule has 2 atom stereocenters. The molecular formula is C12H14N2O2. The van der Waals surface area contributed by atoms with E-state index in [1.807, 2.05) is 30.3 Å². The molecule has 4 heteroatoms. The zero-order valence-electron chi connectivity index (χ0n) is 9.00. The fourth-order valence-electron chi connectivity index (χ4n) is 2.09. The second-order valence-electron chi connectivity index (χ2n) is 4.23. The van der Waals surface area contributed by atoms with Gasteiger partial charge in [-0.3, -0.25) is 0 Å². The monoisotopic (exact) mass is 218 g/mol. The quantitative estimate of drug-likeness (QED) is 0.707. The zero-order valence-corrected chi connectivity index (χ0v) is 9.00. The molecular weight excluding hydrogens is 204 g/mol. The Morgan fingerprint density at radius 2 is 2.19 bits per heavy atom. The summed E-state index contributed by atoms with van der Waals surface area (Å²) in [6.07, 6.45) is 0.865. The molecule has 1 amide bonds. The molecule has 2 aliphatic rings. The van der Waals surface area contributed by atoms with Gasteiger partial charge in [0.05, 0.1) is 0 Å². The maximum Gasteiger partial charge on any atom is 0.424 e. The predicted octanol–water partition coefficient (Wildman–Crippen LogP) is 1.63. The van der Waals surface area contributed by atoms with Crippen molar-refractivity contribution in [1.29, 1.82) is 0 Å². The molecule has 1 aromatic rings. The molecule has 0 spiro atoms. The summed E-state index contributed by atoms with van der Waals surface area (Å²) in [5, 5.41) is 3.78. The van der Waals surface area contributed by atoms with Crippen LogP contribution in [-0.2, 0) is 11.3 Å². The van der Waals surface area contributed by atoms with E-state index in [4.69, 9.17) is 4.74 Å². The number of fused-ring (bicyclic) bond motifs is 1. The van der Waals surface area contributed by atoms with Gasteiger partial charge in [0.15, 0.2) is 0 Å². The van der Waals surface area contributed by atoms with E-state index in [0.29, 0.717) is 12.6 Å². The van der Waals surface area contributed by atoms with Gasteiger partial charge in [0.2, 0.25) is 0 Å². The third-order valence-electron chi connectivity index (χ3n) is 3.09. The van der Waals surface area contributed by atoms with Crippen molar-refractivity contribution in [3.8, 4) is 0 Å². The van der Waals surface area contributed by atoms with Gasteiger partial charge in [-0.2, -0.15) is 0 Å². The molecule has 1 aromatic carbocycles. The minimum atomic E-state index is -0.219. The lowest BCUT2D eigenvalue weighted by Crippen LogP contribution is -2.33. The van der Waals surface area contributed by atoms with Crippen LogP contribution < -0.4 is 0 Å². The average molecular weight is 218 g/mol. The van der Waals surface area contributed by atoms with E-state index < -0.39 is 0 Å². The van der Waals surface area contributed by atoms with E-state index in [9.17, 15) is 4.79 Å². The molecule has 16 heavy (non-hydrogen) atoms. The molecule has 2 aliphatic heterocycles. The van der Waals surface area contributed by atoms with Gasteiger partial charge in [0.1, 0.15) is 6.61 Å². The second-order valence-corrected chi connectivity index (χ2v) is 4.23. The fourth-order valence-corrected chi connectivity index (χ4v) is 2.09. The van der Waals surface area contributed by atoms with Gasteiger partial charge in [0.25, 0.3) is 0 Å². The molecule has 2 heterocycles. The van der Waals surface area contributed by atoms with Crippen molar-refractivity contribution in [2.24, 2.45) is 0 Å². The normalized spacial score (nSPS) is 26.4. The van der Waals surface area contributed by atoms with Crippen LogP contribution in [0, 0.1) is 0 Å². The first kappa shape index (κ1) is 9.66. The number of carbonyl (C=O) groups excluding carboxylic acids is 1. The van der Waals surface area contributed by atoms with Crippen molar-refractivity contribution in [2.45, 2.75) is 19.1 Å². The second kappa shape index (κ2) is 3.79. The Bertz CT molecular complexity index is 393. The van der Waals surface area contributed by atoms with E-state index in [1.54, 1.807) is 5.01 Å². The maximum atomic E-state index is 11.7. The number of hydrogen-bond donors (Lipinski definition) is 0. The summed E-state index contributed by atoms with van der Waals surface area (Å²) in [6.45, 7) is 2.17. The van der Waals surface area contributed by atoms with Gasteiger partial charge in [-0.05, 0) is 12.0 Å². The largest absolute Gasteiger partial charge is 0.444 e.